The number of halogens is 2. The van der Waals surface area contributed by atoms with Crippen LogP contribution in [0, 0.1) is 0 Å². The lowest BCUT2D eigenvalue weighted by Gasteiger charge is -2.23. The van der Waals surface area contributed by atoms with Gasteiger partial charge in [-0.05, 0) is 43.5 Å². The van der Waals surface area contributed by atoms with Gasteiger partial charge in [-0.25, -0.2) is 0 Å². The first-order chi connectivity index (χ1) is 10.1. The second-order valence-corrected chi connectivity index (χ2v) is 5.96. The maximum Gasteiger partial charge on any atom is 0.234 e. The van der Waals surface area contributed by atoms with Crippen LogP contribution in [-0.4, -0.2) is 38.3 Å². The van der Waals surface area contributed by atoms with Gasteiger partial charge in [0.05, 0.1) is 6.54 Å². The first-order valence-electron chi connectivity index (χ1n) is 7.17. The van der Waals surface area contributed by atoms with Crippen LogP contribution in [0.5, 0.6) is 0 Å². The van der Waals surface area contributed by atoms with Crippen molar-refractivity contribution in [2.24, 2.45) is 0 Å². The molecule has 116 valence electrons. The zero-order valence-corrected chi connectivity index (χ0v) is 13.3. The molecule has 1 fully saturated rings. The minimum absolute atomic E-state index is 0.0316. The number of hydrogen-bond acceptors (Lipinski definition) is 3. The van der Waals surface area contributed by atoms with Crippen molar-refractivity contribution in [2.75, 3.05) is 26.3 Å². The second-order valence-electron chi connectivity index (χ2n) is 5.12. The summed E-state index contributed by atoms with van der Waals surface area (Å²) in [5.74, 6) is 0.0316. The fourth-order valence-electron chi connectivity index (χ4n) is 2.27. The molecule has 0 atom stereocenters. The summed E-state index contributed by atoms with van der Waals surface area (Å²) in [6.45, 7) is 2.48. The standard InChI is InChI=1S/C15H20Cl2N2O2/c16-12-2-1-11(14(17)9-12)3-6-18-10-15(20)19-13-4-7-21-8-5-13/h1-2,9,13,18H,3-8,10H2,(H,19,20). The Kier molecular flexibility index (Phi) is 6.77. The van der Waals surface area contributed by atoms with Crippen LogP contribution >= 0.6 is 23.2 Å². The van der Waals surface area contributed by atoms with Crippen LogP contribution in [0.4, 0.5) is 0 Å². The molecule has 0 bridgehead atoms. The van der Waals surface area contributed by atoms with Crippen molar-refractivity contribution in [3.8, 4) is 0 Å². The molecule has 1 amide bonds. The molecule has 0 aliphatic carbocycles. The highest BCUT2D eigenvalue weighted by Gasteiger charge is 2.15. The number of nitrogens with one attached hydrogen (secondary N) is 2. The SMILES string of the molecule is O=C(CNCCc1ccc(Cl)cc1Cl)NC1CCOCC1. The van der Waals surface area contributed by atoms with E-state index in [2.05, 4.69) is 10.6 Å². The Hall–Kier alpha value is -0.810. The Labute approximate surface area is 135 Å². The number of hydrogen-bond donors (Lipinski definition) is 2. The molecule has 2 rings (SSSR count). The van der Waals surface area contributed by atoms with Crippen molar-refractivity contribution in [2.45, 2.75) is 25.3 Å². The van der Waals surface area contributed by atoms with Crippen molar-refractivity contribution < 1.29 is 9.53 Å². The molecule has 4 nitrogen and oxygen atoms in total. The average Bonchev–Trinajstić information content (AvgIpc) is 2.46. The van der Waals surface area contributed by atoms with Gasteiger partial charge < -0.3 is 15.4 Å². The smallest absolute Gasteiger partial charge is 0.234 e. The largest absolute Gasteiger partial charge is 0.381 e. The Bertz CT molecular complexity index is 477. The molecule has 1 aromatic carbocycles. The maximum absolute atomic E-state index is 11.8. The van der Waals surface area contributed by atoms with E-state index in [9.17, 15) is 4.79 Å². The van der Waals surface area contributed by atoms with E-state index in [0.29, 0.717) is 23.1 Å². The topological polar surface area (TPSA) is 50.4 Å². The monoisotopic (exact) mass is 330 g/mol. The van der Waals surface area contributed by atoms with Crippen molar-refractivity contribution >= 4 is 29.1 Å². The van der Waals surface area contributed by atoms with E-state index in [1.807, 2.05) is 12.1 Å². The van der Waals surface area contributed by atoms with Gasteiger partial charge in [-0.2, -0.15) is 0 Å². The number of amides is 1. The summed E-state index contributed by atoms with van der Waals surface area (Å²) < 4.78 is 5.26. The van der Waals surface area contributed by atoms with Gasteiger partial charge in [0.2, 0.25) is 5.91 Å². The van der Waals surface area contributed by atoms with Crippen molar-refractivity contribution in [3.63, 3.8) is 0 Å². The molecule has 0 aromatic heterocycles. The molecule has 1 aliphatic rings. The van der Waals surface area contributed by atoms with Gasteiger partial charge in [0.25, 0.3) is 0 Å². The summed E-state index contributed by atoms with van der Waals surface area (Å²) in [7, 11) is 0. The zero-order chi connectivity index (χ0) is 15.1. The lowest BCUT2D eigenvalue weighted by molar-refractivity contribution is -0.121. The molecule has 21 heavy (non-hydrogen) atoms. The highest BCUT2D eigenvalue weighted by molar-refractivity contribution is 6.35. The highest BCUT2D eigenvalue weighted by atomic mass is 35.5. The van der Waals surface area contributed by atoms with E-state index in [-0.39, 0.29) is 11.9 Å². The first-order valence-corrected chi connectivity index (χ1v) is 7.92. The third kappa shape index (κ3) is 5.83. The van der Waals surface area contributed by atoms with Crippen molar-refractivity contribution in [3.05, 3.63) is 33.8 Å². The van der Waals surface area contributed by atoms with Crippen molar-refractivity contribution in [1.82, 2.24) is 10.6 Å². The average molecular weight is 331 g/mol. The maximum atomic E-state index is 11.8. The molecular weight excluding hydrogens is 311 g/mol. The van der Waals surface area contributed by atoms with Crippen LogP contribution in [0.25, 0.3) is 0 Å². The van der Waals surface area contributed by atoms with Crippen LogP contribution in [0.15, 0.2) is 18.2 Å². The normalized spacial score (nSPS) is 15.9. The van der Waals surface area contributed by atoms with Crippen LogP contribution in [0.1, 0.15) is 18.4 Å². The minimum atomic E-state index is 0.0316. The van der Waals surface area contributed by atoms with Gasteiger partial charge in [-0.15, -0.1) is 0 Å². The van der Waals surface area contributed by atoms with E-state index >= 15 is 0 Å². The van der Waals surface area contributed by atoms with Crippen molar-refractivity contribution in [1.29, 1.82) is 0 Å². The third-order valence-electron chi connectivity index (χ3n) is 3.46. The quantitative estimate of drug-likeness (QED) is 0.787. The number of ether oxygens (including phenoxy) is 1. The molecular formula is C15H20Cl2N2O2. The summed E-state index contributed by atoms with van der Waals surface area (Å²) in [5.41, 5.74) is 1.03. The number of carbonyl (C=O) groups excluding carboxylic acids is 1. The highest BCUT2D eigenvalue weighted by Crippen LogP contribution is 2.20. The first kappa shape index (κ1) is 16.6. The third-order valence-corrected chi connectivity index (χ3v) is 4.05. The molecule has 6 heteroatoms. The van der Waals surface area contributed by atoms with Gasteiger partial charge in [0.15, 0.2) is 0 Å². The summed E-state index contributed by atoms with van der Waals surface area (Å²) >= 11 is 11.9. The van der Waals surface area contributed by atoms with Gasteiger partial charge in [-0.1, -0.05) is 29.3 Å². The van der Waals surface area contributed by atoms with E-state index in [1.165, 1.54) is 0 Å². The molecule has 0 spiro atoms. The van der Waals surface area contributed by atoms with E-state index in [1.54, 1.807) is 6.07 Å². The van der Waals surface area contributed by atoms with Gasteiger partial charge in [0, 0.05) is 29.3 Å². The Balaban J connectivity index is 1.63. The summed E-state index contributed by atoms with van der Waals surface area (Å²) in [4.78, 5) is 11.8. The number of carbonyl (C=O) groups is 1. The predicted molar refractivity (Wildman–Crippen MR) is 85.0 cm³/mol. The lowest BCUT2D eigenvalue weighted by Crippen LogP contribution is -2.43. The molecule has 1 aromatic rings. The van der Waals surface area contributed by atoms with Crippen LogP contribution in [0.3, 0.4) is 0 Å². The summed E-state index contributed by atoms with van der Waals surface area (Å²) in [5, 5.41) is 7.44. The molecule has 0 radical (unpaired) electrons. The summed E-state index contributed by atoms with van der Waals surface area (Å²) in [6.07, 6.45) is 2.55. The summed E-state index contributed by atoms with van der Waals surface area (Å²) in [6, 6.07) is 5.71. The second kappa shape index (κ2) is 8.59. The fourth-order valence-corrected chi connectivity index (χ4v) is 2.77. The van der Waals surface area contributed by atoms with Crippen LogP contribution < -0.4 is 10.6 Å². The number of benzene rings is 1. The fraction of sp³-hybridized carbons (Fsp3) is 0.533. The Morgan fingerprint density at radius 3 is 2.76 bits per heavy atom. The molecule has 0 saturated carbocycles. The van der Waals surface area contributed by atoms with Crippen LogP contribution in [0.2, 0.25) is 10.0 Å². The van der Waals surface area contributed by atoms with E-state index < -0.39 is 0 Å². The minimum Gasteiger partial charge on any atom is -0.381 e. The molecule has 0 unspecified atom stereocenters. The zero-order valence-electron chi connectivity index (χ0n) is 11.8. The van der Waals surface area contributed by atoms with E-state index in [0.717, 1.165) is 38.0 Å². The predicted octanol–water partition coefficient (Wildman–Crippen LogP) is 2.42. The van der Waals surface area contributed by atoms with Crippen LogP contribution in [-0.2, 0) is 16.0 Å². The molecule has 1 saturated heterocycles. The molecule has 1 aliphatic heterocycles. The van der Waals surface area contributed by atoms with Gasteiger partial charge in [-0.3, -0.25) is 4.79 Å². The van der Waals surface area contributed by atoms with Gasteiger partial charge >= 0.3 is 0 Å². The van der Waals surface area contributed by atoms with E-state index in [4.69, 9.17) is 27.9 Å². The Morgan fingerprint density at radius 1 is 1.29 bits per heavy atom. The molecule has 2 N–H and O–H groups in total. The van der Waals surface area contributed by atoms with Gasteiger partial charge in [0.1, 0.15) is 0 Å². The Morgan fingerprint density at radius 2 is 2.05 bits per heavy atom. The molecule has 1 heterocycles. The number of rotatable bonds is 6. The lowest BCUT2D eigenvalue weighted by atomic mass is 10.1.